The minimum atomic E-state index is -1.06. The van der Waals surface area contributed by atoms with Gasteiger partial charge in [0.15, 0.2) is 0 Å². The number of aliphatic hydroxyl groups excluding tert-OH is 1. The van der Waals surface area contributed by atoms with E-state index in [4.69, 9.17) is 15.9 Å². The number of furan rings is 1. The van der Waals surface area contributed by atoms with Crippen LogP contribution in [0.4, 0.5) is 0 Å². The predicted molar refractivity (Wildman–Crippen MR) is 149 cm³/mol. The number of primary amides is 1. The smallest absolute Gasteiger partial charge is 0.254 e. The Morgan fingerprint density at radius 3 is 2.00 bits per heavy atom. The van der Waals surface area contributed by atoms with Crippen LogP contribution in [0.1, 0.15) is 69.1 Å². The second-order valence-electron chi connectivity index (χ2n) is 9.64. The van der Waals surface area contributed by atoms with Crippen molar-refractivity contribution in [2.45, 2.75) is 51.8 Å². The van der Waals surface area contributed by atoms with Gasteiger partial charge in [-0.15, -0.1) is 0 Å². The first-order chi connectivity index (χ1) is 18.7. The molecule has 3 amide bonds. The summed E-state index contributed by atoms with van der Waals surface area (Å²) in [7, 11) is 0. The molecule has 2 aromatic carbocycles. The van der Waals surface area contributed by atoms with E-state index in [9.17, 15) is 19.5 Å². The highest BCUT2D eigenvalue weighted by Crippen LogP contribution is 2.18. The fraction of sp³-hybridized carbons (Fsp3) is 0.367. The van der Waals surface area contributed by atoms with Crippen molar-refractivity contribution in [1.82, 2.24) is 9.80 Å². The Hall–Kier alpha value is -3.95. The number of nitrogens with two attached hydrogens (primary N) is 2. The van der Waals surface area contributed by atoms with Crippen LogP contribution in [0.15, 0.2) is 71.3 Å². The Kier molecular flexibility index (Phi) is 10.8. The molecule has 0 fully saturated rings. The van der Waals surface area contributed by atoms with Crippen LogP contribution < -0.4 is 11.5 Å². The fourth-order valence-electron chi connectivity index (χ4n) is 4.42. The number of amides is 3. The van der Waals surface area contributed by atoms with Crippen LogP contribution in [0.3, 0.4) is 0 Å². The van der Waals surface area contributed by atoms with Gasteiger partial charge in [-0.1, -0.05) is 44.2 Å². The van der Waals surface area contributed by atoms with Crippen LogP contribution in [0.5, 0.6) is 0 Å². The summed E-state index contributed by atoms with van der Waals surface area (Å²) >= 11 is 0. The maximum absolute atomic E-state index is 13.9. The lowest BCUT2D eigenvalue weighted by molar-refractivity contribution is 0.0550. The SMILES string of the molecule is CCCN(CCC)C(=O)c1cc(C(N)=O)cc(C(=O)N(Cc2ccccc2)C[C@@H](O)[C@@H](N)Cc2ccco2)c1. The lowest BCUT2D eigenvalue weighted by Gasteiger charge is -2.28. The van der Waals surface area contributed by atoms with Crippen LogP contribution in [0.25, 0.3) is 0 Å². The van der Waals surface area contributed by atoms with Crippen molar-refractivity contribution in [2.24, 2.45) is 11.5 Å². The van der Waals surface area contributed by atoms with E-state index in [0.29, 0.717) is 25.3 Å². The third kappa shape index (κ3) is 8.27. The molecule has 0 saturated heterocycles. The zero-order chi connectivity index (χ0) is 28.4. The number of carbonyl (C=O) groups excluding carboxylic acids is 3. The number of carbonyl (C=O) groups is 3. The van der Waals surface area contributed by atoms with E-state index in [1.807, 2.05) is 44.2 Å². The second kappa shape index (κ2) is 14.3. The minimum Gasteiger partial charge on any atom is -0.469 e. The number of rotatable bonds is 14. The molecule has 0 unspecified atom stereocenters. The second-order valence-corrected chi connectivity index (χ2v) is 9.64. The quantitative estimate of drug-likeness (QED) is 0.290. The summed E-state index contributed by atoms with van der Waals surface area (Å²) in [4.78, 5) is 42.5. The van der Waals surface area contributed by atoms with Crippen molar-refractivity contribution in [3.8, 4) is 0 Å². The minimum absolute atomic E-state index is 0.0619. The van der Waals surface area contributed by atoms with Gasteiger partial charge < -0.3 is 30.8 Å². The third-order valence-corrected chi connectivity index (χ3v) is 6.41. The van der Waals surface area contributed by atoms with Gasteiger partial charge in [0.25, 0.3) is 11.8 Å². The number of hydrogen-bond acceptors (Lipinski definition) is 6. The molecule has 9 heteroatoms. The van der Waals surface area contributed by atoms with Crippen molar-refractivity contribution in [1.29, 1.82) is 0 Å². The average molecular weight is 535 g/mol. The Balaban J connectivity index is 1.94. The number of nitrogens with zero attached hydrogens (tertiary/aromatic N) is 2. The number of hydrogen-bond donors (Lipinski definition) is 3. The zero-order valence-corrected chi connectivity index (χ0v) is 22.6. The van der Waals surface area contributed by atoms with Gasteiger partial charge in [-0.2, -0.15) is 0 Å². The molecule has 0 aliphatic rings. The molecule has 9 nitrogen and oxygen atoms in total. The Morgan fingerprint density at radius 1 is 0.872 bits per heavy atom. The van der Waals surface area contributed by atoms with Gasteiger partial charge in [0.05, 0.1) is 12.4 Å². The zero-order valence-electron chi connectivity index (χ0n) is 22.6. The van der Waals surface area contributed by atoms with Gasteiger partial charge in [-0.25, -0.2) is 0 Å². The van der Waals surface area contributed by atoms with E-state index in [0.717, 1.165) is 18.4 Å². The number of benzene rings is 2. The van der Waals surface area contributed by atoms with Crippen molar-refractivity contribution in [3.63, 3.8) is 0 Å². The Morgan fingerprint density at radius 2 is 1.46 bits per heavy atom. The molecular formula is C30H38N4O5. The lowest BCUT2D eigenvalue weighted by atomic mass is 10.0. The van der Waals surface area contributed by atoms with Crippen molar-refractivity contribution in [3.05, 3.63) is 94.9 Å². The topological polar surface area (TPSA) is 143 Å². The van der Waals surface area contributed by atoms with Gasteiger partial charge in [-0.3, -0.25) is 14.4 Å². The molecular weight excluding hydrogens is 496 g/mol. The molecule has 208 valence electrons. The van der Waals surface area contributed by atoms with Crippen molar-refractivity contribution in [2.75, 3.05) is 19.6 Å². The molecule has 3 aromatic rings. The van der Waals surface area contributed by atoms with Crippen LogP contribution in [-0.2, 0) is 13.0 Å². The molecule has 0 aliphatic carbocycles. The van der Waals surface area contributed by atoms with E-state index in [1.54, 1.807) is 17.0 Å². The molecule has 0 spiro atoms. The summed E-state index contributed by atoms with van der Waals surface area (Å²) < 4.78 is 5.35. The highest BCUT2D eigenvalue weighted by molar-refractivity contribution is 6.04. The number of aliphatic hydroxyl groups is 1. The lowest BCUT2D eigenvalue weighted by Crippen LogP contribution is -2.46. The first kappa shape index (κ1) is 29.6. The molecule has 0 saturated carbocycles. The fourth-order valence-corrected chi connectivity index (χ4v) is 4.42. The molecule has 0 radical (unpaired) electrons. The summed E-state index contributed by atoms with van der Waals surface area (Å²) in [6, 6.07) is 16.5. The van der Waals surface area contributed by atoms with E-state index in [1.165, 1.54) is 29.4 Å². The molecule has 39 heavy (non-hydrogen) atoms. The van der Waals surface area contributed by atoms with Crippen molar-refractivity contribution >= 4 is 17.7 Å². The molecule has 5 N–H and O–H groups in total. The maximum atomic E-state index is 13.9. The Bertz CT molecular complexity index is 1220. The molecule has 2 atom stereocenters. The molecule has 1 heterocycles. The summed E-state index contributed by atoms with van der Waals surface area (Å²) in [5, 5.41) is 10.9. The van der Waals surface area contributed by atoms with E-state index in [-0.39, 0.29) is 35.7 Å². The van der Waals surface area contributed by atoms with Gasteiger partial charge in [0.1, 0.15) is 5.76 Å². The summed E-state index contributed by atoms with van der Waals surface area (Å²) in [6.45, 7) is 5.18. The monoisotopic (exact) mass is 534 g/mol. The molecule has 0 aliphatic heterocycles. The summed E-state index contributed by atoms with van der Waals surface area (Å²) in [5.41, 5.74) is 13.1. The van der Waals surface area contributed by atoms with Gasteiger partial charge in [-0.05, 0) is 48.7 Å². The van der Waals surface area contributed by atoms with Crippen LogP contribution >= 0.6 is 0 Å². The highest BCUT2D eigenvalue weighted by atomic mass is 16.3. The summed E-state index contributed by atoms with van der Waals surface area (Å²) in [5.74, 6) is -0.849. The van der Waals surface area contributed by atoms with Crippen LogP contribution in [0, 0.1) is 0 Å². The largest absolute Gasteiger partial charge is 0.469 e. The van der Waals surface area contributed by atoms with Gasteiger partial charge in [0, 0.05) is 55.3 Å². The third-order valence-electron chi connectivity index (χ3n) is 6.41. The molecule has 1 aromatic heterocycles. The summed E-state index contributed by atoms with van der Waals surface area (Å²) in [6.07, 6.45) is 2.31. The van der Waals surface area contributed by atoms with E-state index in [2.05, 4.69) is 0 Å². The normalized spacial score (nSPS) is 12.5. The van der Waals surface area contributed by atoms with E-state index >= 15 is 0 Å². The van der Waals surface area contributed by atoms with Gasteiger partial charge >= 0.3 is 0 Å². The molecule has 0 bridgehead atoms. The van der Waals surface area contributed by atoms with E-state index < -0.39 is 24.0 Å². The maximum Gasteiger partial charge on any atom is 0.254 e. The predicted octanol–water partition coefficient (Wildman–Crippen LogP) is 3.21. The van der Waals surface area contributed by atoms with Crippen LogP contribution in [-0.4, -0.2) is 64.4 Å². The van der Waals surface area contributed by atoms with Gasteiger partial charge in [0.2, 0.25) is 5.91 Å². The highest BCUT2D eigenvalue weighted by Gasteiger charge is 2.26. The standard InChI is InChI=1S/C30H38N4O5/c1-3-12-33(13-4-2)29(37)23-15-22(28(32)36)16-24(17-23)30(38)34(19-21-9-6-5-7-10-21)20-27(35)26(31)18-25-11-8-14-39-25/h5-11,14-17,26-27,35H,3-4,12-13,18-20,31H2,1-2H3,(H2,32,36)/t26-,27+/m0/s1. The average Bonchev–Trinajstić information content (AvgIpc) is 3.45. The molecule has 3 rings (SSSR count). The first-order valence-corrected chi connectivity index (χ1v) is 13.3. The van der Waals surface area contributed by atoms with Crippen molar-refractivity contribution < 1.29 is 23.9 Å². The van der Waals surface area contributed by atoms with Crippen LogP contribution in [0.2, 0.25) is 0 Å². The Labute approximate surface area is 229 Å². The first-order valence-electron chi connectivity index (χ1n) is 13.3.